The van der Waals surface area contributed by atoms with Gasteiger partial charge in [0.25, 0.3) is 0 Å². The van der Waals surface area contributed by atoms with Gasteiger partial charge in [0.15, 0.2) is 0 Å². The summed E-state index contributed by atoms with van der Waals surface area (Å²) in [5.41, 5.74) is 2.03. The van der Waals surface area contributed by atoms with Crippen molar-refractivity contribution in [1.29, 1.82) is 0 Å². The molecule has 0 radical (unpaired) electrons. The maximum absolute atomic E-state index is 5.55. The summed E-state index contributed by atoms with van der Waals surface area (Å²) in [7, 11) is 1.66. The van der Waals surface area contributed by atoms with Gasteiger partial charge in [-0.05, 0) is 29.8 Å². The highest BCUT2D eigenvalue weighted by molar-refractivity contribution is 5.39. The first-order valence-corrected chi connectivity index (χ1v) is 7.62. The third-order valence-corrected chi connectivity index (χ3v) is 3.40. The van der Waals surface area contributed by atoms with Crippen molar-refractivity contribution in [2.45, 2.75) is 6.54 Å². The van der Waals surface area contributed by atoms with Crippen LogP contribution in [-0.2, 0) is 11.3 Å². The minimum atomic E-state index is 0.544. The van der Waals surface area contributed by atoms with Gasteiger partial charge in [0.2, 0.25) is 5.95 Å². The lowest BCUT2D eigenvalue weighted by Gasteiger charge is -2.09. The number of anilines is 1. The van der Waals surface area contributed by atoms with E-state index in [-0.39, 0.29) is 0 Å². The van der Waals surface area contributed by atoms with Crippen molar-refractivity contribution in [1.82, 2.24) is 19.7 Å². The Morgan fingerprint density at radius 2 is 2.00 bits per heavy atom. The summed E-state index contributed by atoms with van der Waals surface area (Å²) in [6, 6.07) is 11.7. The van der Waals surface area contributed by atoms with Gasteiger partial charge in [-0.15, -0.1) is 10.2 Å². The average molecular weight is 325 g/mol. The van der Waals surface area contributed by atoms with E-state index < -0.39 is 0 Å². The first-order valence-electron chi connectivity index (χ1n) is 7.62. The molecule has 124 valence electrons. The quantitative estimate of drug-likeness (QED) is 0.641. The smallest absolute Gasteiger partial charge is 0.229 e. The summed E-state index contributed by atoms with van der Waals surface area (Å²) in [5, 5.41) is 11.3. The number of nitrogens with one attached hydrogen (secondary N) is 1. The Balaban J connectivity index is 1.60. The monoisotopic (exact) mass is 325 g/mol. The molecule has 7 nitrogen and oxygen atoms in total. The van der Waals surface area contributed by atoms with E-state index in [0.29, 0.717) is 25.7 Å². The molecule has 7 heteroatoms. The van der Waals surface area contributed by atoms with Gasteiger partial charge in [-0.25, -0.2) is 0 Å². The molecule has 2 heterocycles. The van der Waals surface area contributed by atoms with Gasteiger partial charge in [-0.2, -0.15) is 0 Å². The van der Waals surface area contributed by atoms with Crippen LogP contribution < -0.4 is 10.1 Å². The summed E-state index contributed by atoms with van der Waals surface area (Å²) >= 11 is 0. The second-order valence-corrected chi connectivity index (χ2v) is 5.07. The normalized spacial score (nSPS) is 10.5. The van der Waals surface area contributed by atoms with Crippen LogP contribution >= 0.6 is 0 Å². The van der Waals surface area contributed by atoms with E-state index in [4.69, 9.17) is 9.47 Å². The molecule has 0 saturated carbocycles. The highest BCUT2D eigenvalue weighted by atomic mass is 16.5. The number of hydrogen-bond acceptors (Lipinski definition) is 6. The van der Waals surface area contributed by atoms with Crippen molar-refractivity contribution in [3.05, 3.63) is 60.7 Å². The van der Waals surface area contributed by atoms with Crippen LogP contribution in [0.1, 0.15) is 5.56 Å². The van der Waals surface area contributed by atoms with Crippen molar-refractivity contribution in [2.75, 3.05) is 25.6 Å². The Kier molecular flexibility index (Phi) is 5.36. The van der Waals surface area contributed by atoms with Gasteiger partial charge in [-0.1, -0.05) is 12.1 Å². The zero-order valence-corrected chi connectivity index (χ0v) is 13.4. The summed E-state index contributed by atoms with van der Waals surface area (Å²) in [6.07, 6.45) is 5.16. The molecule has 0 unspecified atom stereocenters. The van der Waals surface area contributed by atoms with E-state index in [1.165, 1.54) is 0 Å². The fourth-order valence-electron chi connectivity index (χ4n) is 2.17. The Labute approximate surface area is 140 Å². The van der Waals surface area contributed by atoms with Crippen LogP contribution in [0.4, 0.5) is 5.95 Å². The van der Waals surface area contributed by atoms with Gasteiger partial charge >= 0.3 is 0 Å². The molecule has 0 atom stereocenters. The SMILES string of the molecule is COCCOc1ccc(CNc2nncn2-c2cccnc2)cc1. The van der Waals surface area contributed by atoms with E-state index in [1.54, 1.807) is 25.8 Å². The van der Waals surface area contributed by atoms with Crippen molar-refractivity contribution >= 4 is 5.95 Å². The molecule has 0 bridgehead atoms. The molecule has 1 N–H and O–H groups in total. The maximum atomic E-state index is 5.55. The van der Waals surface area contributed by atoms with E-state index in [2.05, 4.69) is 20.5 Å². The molecule has 0 saturated heterocycles. The Morgan fingerprint density at radius 3 is 2.75 bits per heavy atom. The molecule has 3 rings (SSSR count). The predicted octanol–water partition coefficient (Wildman–Crippen LogP) is 2.30. The van der Waals surface area contributed by atoms with Crippen LogP contribution in [0, 0.1) is 0 Å². The maximum Gasteiger partial charge on any atom is 0.229 e. The summed E-state index contributed by atoms with van der Waals surface area (Å²) < 4.78 is 12.4. The second kappa shape index (κ2) is 8.07. The first-order chi connectivity index (χ1) is 11.9. The van der Waals surface area contributed by atoms with Crippen LogP contribution in [0.15, 0.2) is 55.1 Å². The number of benzene rings is 1. The van der Waals surface area contributed by atoms with Gasteiger partial charge in [-0.3, -0.25) is 9.55 Å². The zero-order chi connectivity index (χ0) is 16.6. The fraction of sp³-hybridized carbons (Fsp3) is 0.235. The van der Waals surface area contributed by atoms with Gasteiger partial charge < -0.3 is 14.8 Å². The standard InChI is InChI=1S/C17H19N5O2/c1-23-9-10-24-16-6-4-14(5-7-16)11-19-17-21-20-13-22(17)15-3-2-8-18-12-15/h2-8,12-13H,9-11H2,1H3,(H,19,21). The van der Waals surface area contributed by atoms with E-state index in [9.17, 15) is 0 Å². The van der Waals surface area contributed by atoms with Crippen LogP contribution in [0.3, 0.4) is 0 Å². The predicted molar refractivity (Wildman–Crippen MR) is 90.3 cm³/mol. The van der Waals surface area contributed by atoms with Crippen LogP contribution in [-0.4, -0.2) is 40.1 Å². The Morgan fingerprint density at radius 1 is 1.12 bits per heavy atom. The minimum absolute atomic E-state index is 0.544. The summed E-state index contributed by atoms with van der Waals surface area (Å²) in [5.74, 6) is 1.50. The summed E-state index contributed by atoms with van der Waals surface area (Å²) in [4.78, 5) is 4.11. The van der Waals surface area contributed by atoms with Gasteiger partial charge in [0.05, 0.1) is 18.5 Å². The minimum Gasteiger partial charge on any atom is -0.491 e. The number of methoxy groups -OCH3 is 1. The molecule has 0 aliphatic heterocycles. The topological polar surface area (TPSA) is 74.1 Å². The molecular formula is C17H19N5O2. The summed E-state index contributed by atoms with van der Waals surface area (Å²) in [6.45, 7) is 1.76. The van der Waals surface area contributed by atoms with E-state index >= 15 is 0 Å². The lowest BCUT2D eigenvalue weighted by molar-refractivity contribution is 0.146. The molecular weight excluding hydrogens is 306 g/mol. The molecule has 0 amide bonds. The van der Waals surface area contributed by atoms with E-state index in [1.807, 2.05) is 41.0 Å². The lowest BCUT2D eigenvalue weighted by atomic mass is 10.2. The fourth-order valence-corrected chi connectivity index (χ4v) is 2.17. The zero-order valence-electron chi connectivity index (χ0n) is 13.4. The van der Waals surface area contributed by atoms with Crippen LogP contribution in [0.25, 0.3) is 5.69 Å². The highest BCUT2D eigenvalue weighted by Gasteiger charge is 2.06. The number of pyridine rings is 1. The van der Waals surface area contributed by atoms with Crippen molar-refractivity contribution in [3.8, 4) is 11.4 Å². The second-order valence-electron chi connectivity index (χ2n) is 5.07. The Bertz CT molecular complexity index is 743. The molecule has 24 heavy (non-hydrogen) atoms. The number of hydrogen-bond donors (Lipinski definition) is 1. The molecule has 2 aromatic heterocycles. The number of ether oxygens (including phenoxy) is 2. The molecule has 3 aromatic rings. The lowest BCUT2D eigenvalue weighted by Crippen LogP contribution is -2.07. The molecule has 0 aliphatic carbocycles. The van der Waals surface area contributed by atoms with Crippen molar-refractivity contribution in [3.63, 3.8) is 0 Å². The van der Waals surface area contributed by atoms with Gasteiger partial charge in [0.1, 0.15) is 18.7 Å². The number of rotatable bonds is 8. The third kappa shape index (κ3) is 4.08. The van der Waals surface area contributed by atoms with Crippen molar-refractivity contribution in [2.24, 2.45) is 0 Å². The van der Waals surface area contributed by atoms with E-state index in [0.717, 1.165) is 17.0 Å². The number of nitrogens with zero attached hydrogens (tertiary/aromatic N) is 4. The highest BCUT2D eigenvalue weighted by Crippen LogP contribution is 2.15. The molecule has 1 aromatic carbocycles. The molecule has 0 spiro atoms. The average Bonchev–Trinajstić information content (AvgIpc) is 3.11. The van der Waals surface area contributed by atoms with Crippen LogP contribution in [0.2, 0.25) is 0 Å². The van der Waals surface area contributed by atoms with Gasteiger partial charge in [0, 0.05) is 19.9 Å². The van der Waals surface area contributed by atoms with Crippen LogP contribution in [0.5, 0.6) is 5.75 Å². The third-order valence-electron chi connectivity index (χ3n) is 3.40. The molecule has 0 aliphatic rings. The Hall–Kier alpha value is -2.93. The first kappa shape index (κ1) is 15.9. The van der Waals surface area contributed by atoms with Crippen molar-refractivity contribution < 1.29 is 9.47 Å². The molecule has 0 fully saturated rings. The largest absolute Gasteiger partial charge is 0.491 e. The number of aromatic nitrogens is 4.